The SMILES string of the molecule is CCCN=C(CCc1ccccc1)[C@H]1C(=O)N(c2ccccc2)N=C1C. The number of aliphatic imine (C=N–C) groups is 1. The van der Waals surface area contributed by atoms with Gasteiger partial charge in [0.1, 0.15) is 5.92 Å². The predicted octanol–water partition coefficient (Wildman–Crippen LogP) is 4.51. The van der Waals surface area contributed by atoms with E-state index in [1.54, 1.807) is 0 Å². The van der Waals surface area contributed by atoms with Crippen LogP contribution in [0.1, 0.15) is 32.3 Å². The Hall–Kier alpha value is -2.75. The Bertz CT molecular complexity index is 797. The molecular weight excluding hydrogens is 322 g/mol. The van der Waals surface area contributed by atoms with Crippen LogP contribution in [0.4, 0.5) is 5.69 Å². The molecule has 1 aliphatic heterocycles. The minimum atomic E-state index is -0.342. The van der Waals surface area contributed by atoms with Crippen LogP contribution in [-0.4, -0.2) is 23.9 Å². The van der Waals surface area contributed by atoms with Crippen LogP contribution in [0.25, 0.3) is 0 Å². The maximum absolute atomic E-state index is 13.1. The molecular formula is C22H25N3O. The summed E-state index contributed by atoms with van der Waals surface area (Å²) in [6.45, 7) is 4.77. The first-order valence-corrected chi connectivity index (χ1v) is 9.22. The van der Waals surface area contributed by atoms with Crippen molar-refractivity contribution in [2.45, 2.75) is 33.1 Å². The third-order valence-corrected chi connectivity index (χ3v) is 4.52. The molecule has 0 saturated heterocycles. The summed E-state index contributed by atoms with van der Waals surface area (Å²) in [5.74, 6) is -0.345. The van der Waals surface area contributed by atoms with Gasteiger partial charge in [0.25, 0.3) is 5.91 Å². The highest BCUT2D eigenvalue weighted by atomic mass is 16.2. The molecule has 0 unspecified atom stereocenters. The average Bonchev–Trinajstić information content (AvgIpc) is 2.98. The summed E-state index contributed by atoms with van der Waals surface area (Å²) in [5, 5.41) is 6.04. The molecule has 134 valence electrons. The number of anilines is 1. The lowest BCUT2D eigenvalue weighted by molar-refractivity contribution is -0.118. The number of aryl methyl sites for hydroxylation is 1. The number of amides is 1. The third kappa shape index (κ3) is 4.07. The fourth-order valence-electron chi connectivity index (χ4n) is 3.19. The van der Waals surface area contributed by atoms with Crippen LogP contribution in [0.15, 0.2) is 70.8 Å². The van der Waals surface area contributed by atoms with Gasteiger partial charge in [-0.1, -0.05) is 55.5 Å². The number of hydrazone groups is 1. The summed E-state index contributed by atoms with van der Waals surface area (Å²) < 4.78 is 0. The van der Waals surface area contributed by atoms with Crippen LogP contribution in [0.5, 0.6) is 0 Å². The Morgan fingerprint density at radius 2 is 1.73 bits per heavy atom. The second-order valence-electron chi connectivity index (χ2n) is 6.52. The van der Waals surface area contributed by atoms with Gasteiger partial charge in [-0.3, -0.25) is 9.79 Å². The van der Waals surface area contributed by atoms with Gasteiger partial charge in [0, 0.05) is 12.3 Å². The number of para-hydroxylation sites is 1. The molecule has 1 heterocycles. The molecule has 2 aromatic rings. The van der Waals surface area contributed by atoms with Crippen LogP contribution in [0.2, 0.25) is 0 Å². The highest BCUT2D eigenvalue weighted by Gasteiger charge is 2.37. The summed E-state index contributed by atoms with van der Waals surface area (Å²) >= 11 is 0. The van der Waals surface area contributed by atoms with Gasteiger partial charge in [-0.05, 0) is 43.9 Å². The third-order valence-electron chi connectivity index (χ3n) is 4.52. The summed E-state index contributed by atoms with van der Waals surface area (Å²) in [6, 6.07) is 19.9. The van der Waals surface area contributed by atoms with Gasteiger partial charge >= 0.3 is 0 Å². The molecule has 0 N–H and O–H groups in total. The maximum atomic E-state index is 13.1. The van der Waals surface area contributed by atoms with E-state index in [2.05, 4.69) is 24.2 Å². The maximum Gasteiger partial charge on any atom is 0.261 e. The lowest BCUT2D eigenvalue weighted by atomic mass is 9.93. The summed E-state index contributed by atoms with van der Waals surface area (Å²) in [7, 11) is 0. The monoisotopic (exact) mass is 347 g/mol. The molecule has 0 aromatic heterocycles. The van der Waals surface area contributed by atoms with Crippen molar-refractivity contribution in [2.75, 3.05) is 11.6 Å². The minimum Gasteiger partial charge on any atom is -0.293 e. The molecule has 0 aliphatic carbocycles. The first-order chi connectivity index (χ1) is 12.7. The van der Waals surface area contributed by atoms with E-state index in [9.17, 15) is 4.79 Å². The quantitative estimate of drug-likeness (QED) is 0.680. The number of benzene rings is 2. The standard InChI is InChI=1S/C22H25N3O/c1-3-16-23-20(15-14-18-10-6-4-7-11-18)21-17(2)24-25(22(21)26)19-12-8-5-9-13-19/h4-13,21H,3,14-16H2,1-2H3/t21-/m0/s1. The highest BCUT2D eigenvalue weighted by molar-refractivity contribution is 6.28. The number of carbonyl (C=O) groups is 1. The van der Waals surface area contributed by atoms with Crippen molar-refractivity contribution in [3.05, 3.63) is 66.2 Å². The smallest absolute Gasteiger partial charge is 0.261 e. The second-order valence-corrected chi connectivity index (χ2v) is 6.52. The zero-order chi connectivity index (χ0) is 18.4. The topological polar surface area (TPSA) is 45.0 Å². The molecule has 0 spiro atoms. The van der Waals surface area contributed by atoms with Gasteiger partial charge < -0.3 is 0 Å². The first-order valence-electron chi connectivity index (χ1n) is 9.22. The van der Waals surface area contributed by atoms with E-state index in [1.807, 2.05) is 55.5 Å². The molecule has 4 nitrogen and oxygen atoms in total. The molecule has 26 heavy (non-hydrogen) atoms. The molecule has 4 heteroatoms. The van der Waals surface area contributed by atoms with Crippen molar-refractivity contribution in [3.8, 4) is 0 Å². The molecule has 0 fully saturated rings. The van der Waals surface area contributed by atoms with Crippen molar-refractivity contribution in [3.63, 3.8) is 0 Å². The van der Waals surface area contributed by atoms with Crippen molar-refractivity contribution in [1.82, 2.24) is 0 Å². The van der Waals surface area contributed by atoms with E-state index in [1.165, 1.54) is 10.6 Å². The summed E-state index contributed by atoms with van der Waals surface area (Å²) in [4.78, 5) is 17.8. The molecule has 0 saturated carbocycles. The summed E-state index contributed by atoms with van der Waals surface area (Å²) in [5.41, 5.74) is 3.83. The van der Waals surface area contributed by atoms with E-state index >= 15 is 0 Å². The van der Waals surface area contributed by atoms with Gasteiger partial charge in [-0.2, -0.15) is 10.1 Å². The Balaban J connectivity index is 1.80. The van der Waals surface area contributed by atoms with E-state index < -0.39 is 0 Å². The van der Waals surface area contributed by atoms with Gasteiger partial charge in [0.2, 0.25) is 0 Å². The van der Waals surface area contributed by atoms with Crippen LogP contribution in [0, 0.1) is 5.92 Å². The zero-order valence-corrected chi connectivity index (χ0v) is 15.4. The fourth-order valence-corrected chi connectivity index (χ4v) is 3.19. The van der Waals surface area contributed by atoms with Crippen molar-refractivity contribution in [2.24, 2.45) is 16.0 Å². The van der Waals surface area contributed by atoms with Crippen molar-refractivity contribution in [1.29, 1.82) is 0 Å². The van der Waals surface area contributed by atoms with Crippen LogP contribution >= 0.6 is 0 Å². The molecule has 2 aromatic carbocycles. The fraction of sp³-hybridized carbons (Fsp3) is 0.318. The minimum absolute atomic E-state index is 0.00313. The van der Waals surface area contributed by atoms with Gasteiger partial charge in [0.05, 0.1) is 11.4 Å². The lowest BCUT2D eigenvalue weighted by Crippen LogP contribution is -2.33. The predicted molar refractivity (Wildman–Crippen MR) is 108 cm³/mol. The number of rotatable bonds is 7. The number of carbonyl (C=O) groups excluding carboxylic acids is 1. The molecule has 0 radical (unpaired) electrons. The molecule has 1 atom stereocenters. The first kappa shape index (κ1) is 18.1. The zero-order valence-electron chi connectivity index (χ0n) is 15.4. The number of nitrogens with zero attached hydrogens (tertiary/aromatic N) is 3. The Labute approximate surface area is 155 Å². The molecule has 0 bridgehead atoms. The summed E-state index contributed by atoms with van der Waals surface area (Å²) in [6.07, 6.45) is 2.62. The highest BCUT2D eigenvalue weighted by Crippen LogP contribution is 2.26. The molecule has 1 amide bonds. The van der Waals surface area contributed by atoms with E-state index in [0.717, 1.165) is 42.9 Å². The van der Waals surface area contributed by atoms with Crippen LogP contribution in [0.3, 0.4) is 0 Å². The van der Waals surface area contributed by atoms with Crippen LogP contribution in [-0.2, 0) is 11.2 Å². The average molecular weight is 347 g/mol. The Kier molecular flexibility index (Phi) is 5.95. The number of hydrogen-bond acceptors (Lipinski definition) is 3. The van der Waals surface area contributed by atoms with Crippen molar-refractivity contribution < 1.29 is 4.79 Å². The van der Waals surface area contributed by atoms with Gasteiger partial charge in [0.15, 0.2) is 0 Å². The van der Waals surface area contributed by atoms with E-state index in [4.69, 9.17) is 4.99 Å². The van der Waals surface area contributed by atoms with Gasteiger partial charge in [-0.15, -0.1) is 0 Å². The second kappa shape index (κ2) is 8.56. The normalized spacial score (nSPS) is 17.5. The molecule has 1 aliphatic rings. The largest absolute Gasteiger partial charge is 0.293 e. The van der Waals surface area contributed by atoms with E-state index in [0.29, 0.717) is 0 Å². The Morgan fingerprint density at radius 3 is 2.38 bits per heavy atom. The lowest BCUT2D eigenvalue weighted by Gasteiger charge is -2.16. The van der Waals surface area contributed by atoms with Crippen molar-refractivity contribution >= 4 is 23.0 Å². The van der Waals surface area contributed by atoms with Gasteiger partial charge in [-0.25, -0.2) is 0 Å². The molecule has 3 rings (SSSR count). The van der Waals surface area contributed by atoms with Crippen LogP contribution < -0.4 is 5.01 Å². The number of hydrogen-bond donors (Lipinski definition) is 0. The van der Waals surface area contributed by atoms with E-state index in [-0.39, 0.29) is 11.8 Å². The Morgan fingerprint density at radius 1 is 1.08 bits per heavy atom.